The molecule has 0 radical (unpaired) electrons. The lowest BCUT2D eigenvalue weighted by atomic mass is 9.49. The van der Waals surface area contributed by atoms with Gasteiger partial charge in [-0.15, -0.1) is 11.8 Å². The van der Waals surface area contributed by atoms with E-state index in [-0.39, 0.29) is 10.3 Å². The van der Waals surface area contributed by atoms with Crippen molar-refractivity contribution in [3.63, 3.8) is 0 Å². The molecule has 7 rings (SSSR count). The van der Waals surface area contributed by atoms with Crippen LogP contribution in [0.15, 0.2) is 30.3 Å². The first-order valence-electron chi connectivity index (χ1n) is 12.8. The van der Waals surface area contributed by atoms with Gasteiger partial charge in [0, 0.05) is 31.8 Å². The molecule has 4 nitrogen and oxygen atoms in total. The first-order valence-corrected chi connectivity index (χ1v) is 13.8. The molecule has 1 spiro atoms. The van der Waals surface area contributed by atoms with Crippen molar-refractivity contribution in [3.05, 3.63) is 35.9 Å². The highest BCUT2D eigenvalue weighted by molar-refractivity contribution is 8.00. The number of amides is 2. The van der Waals surface area contributed by atoms with Gasteiger partial charge in [-0.25, -0.2) is 0 Å². The Hall–Kier alpha value is -1.49. The number of aryl methyl sites for hydroxylation is 1. The summed E-state index contributed by atoms with van der Waals surface area (Å²) in [5.41, 5.74) is 1.20. The van der Waals surface area contributed by atoms with Gasteiger partial charge in [0.15, 0.2) is 0 Å². The summed E-state index contributed by atoms with van der Waals surface area (Å²) >= 11 is 1.96. The molecule has 2 amide bonds. The number of thioether (sulfide) groups is 1. The molecular formula is C27H36N2O2S. The number of hydrogen-bond acceptors (Lipinski definition) is 3. The Kier molecular flexibility index (Phi) is 5.32. The van der Waals surface area contributed by atoms with Crippen LogP contribution in [0.25, 0.3) is 0 Å². The molecule has 0 N–H and O–H groups in total. The van der Waals surface area contributed by atoms with Gasteiger partial charge in [0.2, 0.25) is 11.8 Å². The third kappa shape index (κ3) is 3.59. The quantitative estimate of drug-likeness (QED) is 0.663. The summed E-state index contributed by atoms with van der Waals surface area (Å²) in [5, 5.41) is 0. The highest BCUT2D eigenvalue weighted by atomic mass is 32.2. The summed E-state index contributed by atoms with van der Waals surface area (Å²) in [6.45, 7) is 2.52. The largest absolute Gasteiger partial charge is 0.342 e. The van der Waals surface area contributed by atoms with Crippen molar-refractivity contribution in [2.45, 2.75) is 69.1 Å². The van der Waals surface area contributed by atoms with Crippen molar-refractivity contribution in [2.24, 2.45) is 23.2 Å². The van der Waals surface area contributed by atoms with Gasteiger partial charge in [-0.2, -0.15) is 0 Å². The van der Waals surface area contributed by atoms with Crippen molar-refractivity contribution in [1.82, 2.24) is 9.80 Å². The van der Waals surface area contributed by atoms with Crippen molar-refractivity contribution < 1.29 is 9.59 Å². The Morgan fingerprint density at radius 1 is 0.906 bits per heavy atom. The normalized spacial score (nSPS) is 34.9. The van der Waals surface area contributed by atoms with E-state index in [0.29, 0.717) is 18.2 Å². The number of carbonyl (C=O) groups excluding carboxylic acids is 2. The van der Waals surface area contributed by atoms with Crippen molar-refractivity contribution in [1.29, 1.82) is 0 Å². The monoisotopic (exact) mass is 452 g/mol. The molecule has 0 aromatic heterocycles. The molecule has 0 atom stereocenters. The van der Waals surface area contributed by atoms with Crippen LogP contribution >= 0.6 is 11.8 Å². The van der Waals surface area contributed by atoms with Crippen LogP contribution in [0, 0.1) is 23.2 Å². The van der Waals surface area contributed by atoms with Gasteiger partial charge in [0.1, 0.15) is 0 Å². The average molecular weight is 453 g/mol. The summed E-state index contributed by atoms with van der Waals surface area (Å²) in [4.78, 5) is 31.2. The zero-order chi connectivity index (χ0) is 21.8. The minimum atomic E-state index is -0.0774. The zero-order valence-corrected chi connectivity index (χ0v) is 20.0. The molecular weight excluding hydrogens is 416 g/mol. The Bertz CT molecular complexity index is 842. The number of piperidine rings is 1. The first-order chi connectivity index (χ1) is 15.6. The molecule has 2 aliphatic heterocycles. The molecule has 5 heteroatoms. The molecule has 4 bridgehead atoms. The lowest BCUT2D eigenvalue weighted by molar-refractivity contribution is -0.159. The maximum atomic E-state index is 13.8. The Labute approximate surface area is 196 Å². The van der Waals surface area contributed by atoms with Crippen LogP contribution in [0.4, 0.5) is 0 Å². The maximum Gasteiger partial charge on any atom is 0.228 e. The molecule has 2 saturated heterocycles. The minimum absolute atomic E-state index is 0.0345. The smallest absolute Gasteiger partial charge is 0.228 e. The summed E-state index contributed by atoms with van der Waals surface area (Å²) in [7, 11) is 0. The van der Waals surface area contributed by atoms with Gasteiger partial charge in [-0.05, 0) is 81.1 Å². The zero-order valence-electron chi connectivity index (χ0n) is 19.1. The lowest BCUT2D eigenvalue weighted by Gasteiger charge is -2.57. The second kappa shape index (κ2) is 8.07. The van der Waals surface area contributed by atoms with Gasteiger partial charge < -0.3 is 9.80 Å². The van der Waals surface area contributed by atoms with E-state index in [4.69, 9.17) is 0 Å². The van der Waals surface area contributed by atoms with Crippen LogP contribution in [-0.4, -0.2) is 51.9 Å². The van der Waals surface area contributed by atoms with E-state index in [9.17, 15) is 9.59 Å². The Morgan fingerprint density at radius 3 is 2.16 bits per heavy atom. The second-order valence-corrected chi connectivity index (χ2v) is 12.8. The van der Waals surface area contributed by atoms with Crippen LogP contribution < -0.4 is 0 Å². The first kappa shape index (κ1) is 21.1. The van der Waals surface area contributed by atoms with Crippen LogP contribution in [-0.2, 0) is 16.0 Å². The SMILES string of the molecule is O=C(CCc1ccccc1)N1CCSC12CCN(C(=O)C13CC4CC(CC(C4)C1)C3)CC2. The predicted molar refractivity (Wildman–Crippen MR) is 128 cm³/mol. The van der Waals surface area contributed by atoms with E-state index in [1.165, 1.54) is 24.8 Å². The number of nitrogens with zero attached hydrogens (tertiary/aromatic N) is 2. The summed E-state index contributed by atoms with van der Waals surface area (Å²) < 4.78 is 0. The molecule has 6 fully saturated rings. The van der Waals surface area contributed by atoms with E-state index in [1.54, 1.807) is 0 Å². The maximum absolute atomic E-state index is 13.8. The van der Waals surface area contributed by atoms with Gasteiger partial charge in [-0.3, -0.25) is 9.59 Å². The molecule has 4 aliphatic carbocycles. The summed E-state index contributed by atoms with van der Waals surface area (Å²) in [6, 6.07) is 10.3. The minimum Gasteiger partial charge on any atom is -0.342 e. The number of carbonyl (C=O) groups is 2. The number of benzene rings is 1. The molecule has 2 heterocycles. The highest BCUT2D eigenvalue weighted by Gasteiger charge is 2.56. The highest BCUT2D eigenvalue weighted by Crippen LogP contribution is 2.61. The molecule has 6 aliphatic rings. The Balaban J connectivity index is 1.09. The second-order valence-electron chi connectivity index (χ2n) is 11.3. The van der Waals surface area contributed by atoms with E-state index < -0.39 is 0 Å². The number of rotatable bonds is 4. The van der Waals surface area contributed by atoms with Gasteiger partial charge in [0.05, 0.1) is 10.3 Å². The van der Waals surface area contributed by atoms with E-state index in [1.807, 2.05) is 30.0 Å². The number of hydrogen-bond donors (Lipinski definition) is 0. The lowest BCUT2D eigenvalue weighted by Crippen LogP contribution is -2.58. The van der Waals surface area contributed by atoms with Crippen LogP contribution in [0.5, 0.6) is 0 Å². The molecule has 4 saturated carbocycles. The van der Waals surface area contributed by atoms with Crippen molar-refractivity contribution >= 4 is 23.6 Å². The van der Waals surface area contributed by atoms with E-state index in [2.05, 4.69) is 21.9 Å². The third-order valence-corrected chi connectivity index (χ3v) is 10.8. The van der Waals surface area contributed by atoms with Crippen molar-refractivity contribution in [2.75, 3.05) is 25.4 Å². The fourth-order valence-corrected chi connectivity index (χ4v) is 9.65. The van der Waals surface area contributed by atoms with Crippen molar-refractivity contribution in [3.8, 4) is 0 Å². The topological polar surface area (TPSA) is 40.6 Å². The van der Waals surface area contributed by atoms with Crippen LogP contribution in [0.3, 0.4) is 0 Å². The molecule has 1 aromatic rings. The van der Waals surface area contributed by atoms with Gasteiger partial charge in [-0.1, -0.05) is 30.3 Å². The Morgan fingerprint density at radius 2 is 1.53 bits per heavy atom. The van der Waals surface area contributed by atoms with Gasteiger partial charge >= 0.3 is 0 Å². The molecule has 0 unspecified atom stereocenters. The fourth-order valence-electron chi connectivity index (χ4n) is 8.17. The predicted octanol–water partition coefficient (Wildman–Crippen LogP) is 4.73. The fraction of sp³-hybridized carbons (Fsp3) is 0.704. The summed E-state index contributed by atoms with van der Waals surface area (Å²) in [6.07, 6.45) is 10.9. The summed E-state index contributed by atoms with van der Waals surface area (Å²) in [5.74, 6) is 4.22. The standard InChI is InChI=1S/C27H36N2O2S/c30-24(7-6-20-4-2-1-3-5-20)29-12-13-32-27(29)8-10-28(11-9-27)25(31)26-17-21-14-22(18-26)16-23(15-21)19-26/h1-5,21-23H,6-19H2. The van der Waals surface area contributed by atoms with Crippen LogP contribution in [0.2, 0.25) is 0 Å². The molecule has 1 aromatic carbocycles. The number of likely N-dealkylation sites (tertiary alicyclic amines) is 1. The van der Waals surface area contributed by atoms with Crippen LogP contribution in [0.1, 0.15) is 63.4 Å². The average Bonchev–Trinajstić information content (AvgIpc) is 3.20. The van der Waals surface area contributed by atoms with E-state index in [0.717, 1.165) is 81.7 Å². The third-order valence-electron chi connectivity index (χ3n) is 9.27. The van der Waals surface area contributed by atoms with Gasteiger partial charge in [0.25, 0.3) is 0 Å². The molecule has 32 heavy (non-hydrogen) atoms. The van der Waals surface area contributed by atoms with E-state index >= 15 is 0 Å². The molecule has 172 valence electrons.